The number of carbonyl (C=O) groups excluding carboxylic acids is 4. The third-order valence-corrected chi connectivity index (χ3v) is 5.80. The van der Waals surface area contributed by atoms with Gasteiger partial charge >= 0.3 is 0 Å². The summed E-state index contributed by atoms with van der Waals surface area (Å²) in [6, 6.07) is 5.27. The molecule has 150 valence electrons. The molecule has 2 unspecified atom stereocenters. The van der Waals surface area contributed by atoms with Gasteiger partial charge in [-0.25, -0.2) is 0 Å². The van der Waals surface area contributed by atoms with Crippen LogP contribution in [0.25, 0.3) is 0 Å². The van der Waals surface area contributed by atoms with Gasteiger partial charge in [0.15, 0.2) is 11.6 Å². The molecule has 0 bridgehead atoms. The molecule has 1 aromatic rings. The first-order chi connectivity index (χ1) is 13.5. The predicted octanol–water partition coefficient (Wildman–Crippen LogP) is 2.94. The van der Waals surface area contributed by atoms with Crippen LogP contribution >= 0.6 is 0 Å². The lowest BCUT2D eigenvalue weighted by molar-refractivity contribution is -0.133. The van der Waals surface area contributed by atoms with Crippen molar-refractivity contribution in [2.24, 2.45) is 17.6 Å². The van der Waals surface area contributed by atoms with Crippen LogP contribution in [-0.4, -0.2) is 36.2 Å². The monoisotopic (exact) mass is 384 g/mol. The summed E-state index contributed by atoms with van der Waals surface area (Å²) in [4.78, 5) is 49.7. The fourth-order valence-electron chi connectivity index (χ4n) is 4.29. The number of rotatable bonds is 8. The first kappa shape index (κ1) is 20.4. The van der Waals surface area contributed by atoms with E-state index in [1.807, 2.05) is 6.07 Å². The van der Waals surface area contributed by atoms with Gasteiger partial charge in [-0.3, -0.25) is 19.2 Å². The van der Waals surface area contributed by atoms with Crippen molar-refractivity contribution in [3.05, 3.63) is 29.3 Å². The fraction of sp³-hybridized carbons (Fsp3) is 0.545. The van der Waals surface area contributed by atoms with Crippen molar-refractivity contribution in [3.8, 4) is 0 Å². The Morgan fingerprint density at radius 2 is 1.79 bits per heavy atom. The Balaban J connectivity index is 1.72. The second kappa shape index (κ2) is 9.24. The van der Waals surface area contributed by atoms with Gasteiger partial charge in [0.05, 0.1) is 12.0 Å². The molecule has 1 fully saturated rings. The number of nitrogens with one attached hydrogen (secondary N) is 1. The summed E-state index contributed by atoms with van der Waals surface area (Å²) in [5.74, 6) is -1.66. The van der Waals surface area contributed by atoms with Crippen LogP contribution in [0.5, 0.6) is 0 Å². The molecule has 0 heterocycles. The summed E-state index contributed by atoms with van der Waals surface area (Å²) in [6.45, 7) is 1.43. The molecular weight excluding hydrogens is 356 g/mol. The van der Waals surface area contributed by atoms with Gasteiger partial charge < -0.3 is 11.1 Å². The van der Waals surface area contributed by atoms with E-state index < -0.39 is 11.8 Å². The summed E-state index contributed by atoms with van der Waals surface area (Å²) in [5.41, 5.74) is 7.04. The molecule has 0 radical (unpaired) electrons. The quantitative estimate of drug-likeness (QED) is 0.527. The first-order valence-corrected chi connectivity index (χ1v) is 10.2. The van der Waals surface area contributed by atoms with Crippen LogP contribution in [0.4, 0.5) is 5.69 Å². The van der Waals surface area contributed by atoms with Gasteiger partial charge in [-0.05, 0) is 31.9 Å². The van der Waals surface area contributed by atoms with Gasteiger partial charge in [-0.1, -0.05) is 25.0 Å². The zero-order valence-electron chi connectivity index (χ0n) is 16.2. The number of unbranched alkanes of at least 4 members (excludes halogenated alkanes) is 3. The van der Waals surface area contributed by atoms with Crippen molar-refractivity contribution in [3.63, 3.8) is 0 Å². The van der Waals surface area contributed by atoms with E-state index >= 15 is 0 Å². The minimum absolute atomic E-state index is 0.0472. The summed E-state index contributed by atoms with van der Waals surface area (Å²) in [7, 11) is 0. The predicted molar refractivity (Wildman–Crippen MR) is 107 cm³/mol. The summed E-state index contributed by atoms with van der Waals surface area (Å²) >= 11 is 0. The van der Waals surface area contributed by atoms with Crippen LogP contribution in [0.3, 0.4) is 0 Å². The van der Waals surface area contributed by atoms with Crippen molar-refractivity contribution in [2.75, 3.05) is 18.4 Å². The van der Waals surface area contributed by atoms with Gasteiger partial charge in [0.2, 0.25) is 0 Å². The van der Waals surface area contributed by atoms with Gasteiger partial charge in [-0.2, -0.15) is 0 Å². The van der Waals surface area contributed by atoms with Crippen LogP contribution < -0.4 is 11.1 Å². The SMILES string of the molecule is NCCCCCCNc1cccc2c1C(=O)CC(C1CCC(=O)CC1=O)C2=O. The average molecular weight is 384 g/mol. The third kappa shape index (κ3) is 4.38. The molecule has 0 saturated heterocycles. The minimum atomic E-state index is -0.632. The van der Waals surface area contributed by atoms with Crippen LogP contribution in [0.1, 0.15) is 72.1 Å². The molecule has 6 nitrogen and oxygen atoms in total. The normalized spacial score (nSPS) is 22.3. The largest absolute Gasteiger partial charge is 0.384 e. The van der Waals surface area contributed by atoms with Crippen molar-refractivity contribution >= 4 is 28.8 Å². The number of Topliss-reactive ketones (excluding diaryl/α,β-unsaturated/α-hetero) is 4. The highest BCUT2D eigenvalue weighted by atomic mass is 16.2. The number of anilines is 1. The Bertz CT molecular complexity index is 787. The highest BCUT2D eigenvalue weighted by Gasteiger charge is 2.42. The van der Waals surface area contributed by atoms with E-state index in [1.165, 1.54) is 0 Å². The molecule has 2 atom stereocenters. The number of nitrogens with two attached hydrogens (primary N) is 1. The van der Waals surface area contributed by atoms with E-state index in [1.54, 1.807) is 12.1 Å². The molecule has 0 aliphatic heterocycles. The smallest absolute Gasteiger partial charge is 0.167 e. The summed E-state index contributed by atoms with van der Waals surface area (Å²) < 4.78 is 0. The lowest BCUT2D eigenvalue weighted by Gasteiger charge is -2.31. The molecule has 2 aliphatic carbocycles. The molecular formula is C22H28N2O4. The van der Waals surface area contributed by atoms with Crippen LogP contribution in [0, 0.1) is 11.8 Å². The maximum atomic E-state index is 13.1. The van der Waals surface area contributed by atoms with Crippen LogP contribution in [-0.2, 0) is 9.59 Å². The summed E-state index contributed by atoms with van der Waals surface area (Å²) in [5, 5.41) is 3.29. The van der Waals surface area contributed by atoms with E-state index in [2.05, 4.69) is 5.32 Å². The standard InChI is InChI=1S/C22H28N2O4/c23-10-3-1-2-4-11-24-18-7-5-6-16-21(18)20(27)13-17(22(16)28)15-9-8-14(25)12-19(15)26/h5-7,15,17,24H,1-4,8-13,23H2. The Morgan fingerprint density at radius 3 is 2.54 bits per heavy atom. The highest BCUT2D eigenvalue weighted by molar-refractivity contribution is 6.19. The fourth-order valence-corrected chi connectivity index (χ4v) is 4.29. The lowest BCUT2D eigenvalue weighted by atomic mass is 9.69. The Hall–Kier alpha value is -2.34. The molecule has 3 N–H and O–H groups in total. The van der Waals surface area contributed by atoms with E-state index in [0.29, 0.717) is 36.2 Å². The number of benzene rings is 1. The van der Waals surface area contributed by atoms with Crippen molar-refractivity contribution in [1.82, 2.24) is 0 Å². The first-order valence-electron chi connectivity index (χ1n) is 10.2. The molecule has 1 saturated carbocycles. The number of fused-ring (bicyclic) bond motifs is 1. The van der Waals surface area contributed by atoms with Gasteiger partial charge in [0.25, 0.3) is 0 Å². The van der Waals surface area contributed by atoms with Crippen molar-refractivity contribution in [1.29, 1.82) is 0 Å². The van der Waals surface area contributed by atoms with Gasteiger partial charge in [0.1, 0.15) is 11.6 Å². The lowest BCUT2D eigenvalue weighted by Crippen LogP contribution is -2.39. The van der Waals surface area contributed by atoms with Gasteiger partial charge in [0, 0.05) is 42.5 Å². The maximum absolute atomic E-state index is 13.1. The van der Waals surface area contributed by atoms with Crippen molar-refractivity contribution in [2.45, 2.75) is 51.4 Å². The zero-order valence-corrected chi connectivity index (χ0v) is 16.2. The van der Waals surface area contributed by atoms with Crippen LogP contribution in [0.15, 0.2) is 18.2 Å². The molecule has 1 aromatic carbocycles. The number of ketones is 4. The van der Waals surface area contributed by atoms with Crippen LogP contribution in [0.2, 0.25) is 0 Å². The summed E-state index contributed by atoms with van der Waals surface area (Å²) in [6.07, 6.45) is 4.76. The molecule has 0 spiro atoms. The Morgan fingerprint density at radius 1 is 1.00 bits per heavy atom. The zero-order chi connectivity index (χ0) is 20.1. The number of hydrogen-bond acceptors (Lipinski definition) is 6. The Kier molecular flexibility index (Phi) is 6.73. The topological polar surface area (TPSA) is 106 Å². The molecule has 0 amide bonds. The molecule has 3 rings (SSSR count). The number of hydrogen-bond donors (Lipinski definition) is 2. The average Bonchev–Trinajstić information content (AvgIpc) is 2.67. The molecule has 6 heteroatoms. The molecule has 28 heavy (non-hydrogen) atoms. The third-order valence-electron chi connectivity index (χ3n) is 5.80. The second-order valence-corrected chi connectivity index (χ2v) is 7.78. The van der Waals surface area contributed by atoms with Gasteiger partial charge in [-0.15, -0.1) is 0 Å². The Labute approximate surface area is 165 Å². The van der Waals surface area contributed by atoms with E-state index in [-0.39, 0.29) is 36.0 Å². The molecule has 2 aliphatic rings. The van der Waals surface area contributed by atoms with E-state index in [4.69, 9.17) is 5.73 Å². The highest BCUT2D eigenvalue weighted by Crippen LogP contribution is 2.37. The second-order valence-electron chi connectivity index (χ2n) is 7.78. The van der Waals surface area contributed by atoms with E-state index in [9.17, 15) is 19.2 Å². The minimum Gasteiger partial charge on any atom is -0.384 e. The maximum Gasteiger partial charge on any atom is 0.167 e. The molecule has 0 aromatic heterocycles. The number of carbonyl (C=O) groups is 4. The van der Waals surface area contributed by atoms with E-state index in [0.717, 1.165) is 32.2 Å². The van der Waals surface area contributed by atoms with Crippen molar-refractivity contribution < 1.29 is 19.2 Å².